The fraction of sp³-hybridized carbons (Fsp3) is 0.793. The molecule has 6 aliphatic rings. The van der Waals surface area contributed by atoms with Gasteiger partial charge in [0.1, 0.15) is 18.3 Å². The largest absolute Gasteiger partial charge is 0.504 e. The molecule has 0 amide bonds. The van der Waals surface area contributed by atoms with Crippen LogP contribution in [0.1, 0.15) is 58.8 Å². The van der Waals surface area contributed by atoms with E-state index in [1.165, 1.54) is 6.92 Å². The average Bonchev–Trinajstić information content (AvgIpc) is 3.26. The number of aliphatic hydroxyl groups excluding tert-OH is 4. The SMILES string of the molecule is COC(=O)[C@@]12OC[C@]34[C@H]([C@@H](O)[C@@H]1O)[C@@]1(C)[C@H](O)C(=O)C(O)=C(C)[C@@H]1C[C@H]3OC(=O)C(OC(=O)CC1(O)CCCCC1)[C@@H]24. The lowest BCUT2D eigenvalue weighted by atomic mass is 9.37. The van der Waals surface area contributed by atoms with Gasteiger partial charge in [0.15, 0.2) is 5.76 Å². The van der Waals surface area contributed by atoms with Crippen molar-refractivity contribution in [3.63, 3.8) is 0 Å². The first-order chi connectivity index (χ1) is 19.7. The van der Waals surface area contributed by atoms with E-state index < -0.39 is 106 Å². The van der Waals surface area contributed by atoms with Crippen LogP contribution in [-0.4, -0.2) is 105 Å². The van der Waals surface area contributed by atoms with E-state index in [9.17, 15) is 44.7 Å². The van der Waals surface area contributed by atoms with Crippen LogP contribution in [0.2, 0.25) is 0 Å². The predicted molar refractivity (Wildman–Crippen MR) is 137 cm³/mol. The second kappa shape index (κ2) is 9.46. The van der Waals surface area contributed by atoms with Gasteiger partial charge >= 0.3 is 17.9 Å². The zero-order valence-corrected chi connectivity index (χ0v) is 23.8. The van der Waals surface area contributed by atoms with Gasteiger partial charge in [-0.3, -0.25) is 9.59 Å². The van der Waals surface area contributed by atoms with Gasteiger partial charge in [0, 0.05) is 16.7 Å². The maximum absolute atomic E-state index is 13.6. The van der Waals surface area contributed by atoms with Gasteiger partial charge in [-0.25, -0.2) is 9.59 Å². The molecule has 1 spiro atoms. The number of aliphatic hydroxyl groups is 5. The number of Topliss-reactive ketones (excluding diaryl/α,β-unsaturated/α-hetero) is 1. The fourth-order valence-electron chi connectivity index (χ4n) is 9.68. The lowest BCUT2D eigenvalue weighted by Crippen LogP contribution is -2.80. The van der Waals surface area contributed by atoms with Crippen LogP contribution in [0.3, 0.4) is 0 Å². The van der Waals surface area contributed by atoms with Gasteiger partial charge in [0.2, 0.25) is 17.5 Å². The molecule has 4 aliphatic carbocycles. The molecule has 6 rings (SSSR count). The van der Waals surface area contributed by atoms with Gasteiger partial charge in [-0.1, -0.05) is 26.2 Å². The number of hydrogen-bond acceptors (Lipinski definition) is 13. The minimum Gasteiger partial charge on any atom is -0.504 e. The highest BCUT2D eigenvalue weighted by molar-refractivity contribution is 5.99. The Kier molecular flexibility index (Phi) is 6.64. The Balaban J connectivity index is 1.49. The number of fused-ring (bicyclic) bond motifs is 2. The molecule has 3 saturated carbocycles. The van der Waals surface area contributed by atoms with Crippen LogP contribution in [0.25, 0.3) is 0 Å². The zero-order valence-electron chi connectivity index (χ0n) is 23.8. The Hall–Kier alpha value is -2.58. The predicted octanol–water partition coefficient (Wildman–Crippen LogP) is -0.393. The number of carbonyl (C=O) groups is 4. The summed E-state index contributed by atoms with van der Waals surface area (Å²) >= 11 is 0. The quantitative estimate of drug-likeness (QED) is 0.208. The van der Waals surface area contributed by atoms with Gasteiger partial charge in [-0.15, -0.1) is 0 Å². The molecule has 5 fully saturated rings. The molecule has 232 valence electrons. The minimum atomic E-state index is -2.35. The summed E-state index contributed by atoms with van der Waals surface area (Å²) in [5.41, 5.74) is -6.48. The van der Waals surface area contributed by atoms with Gasteiger partial charge in [-0.2, -0.15) is 0 Å². The summed E-state index contributed by atoms with van der Waals surface area (Å²) in [6.07, 6.45) is -5.82. The third-order valence-electron chi connectivity index (χ3n) is 11.5. The molecule has 2 heterocycles. The van der Waals surface area contributed by atoms with Crippen LogP contribution in [0.15, 0.2) is 11.3 Å². The summed E-state index contributed by atoms with van der Waals surface area (Å²) in [7, 11) is 1.05. The first-order valence-electron chi connectivity index (χ1n) is 14.5. The maximum Gasteiger partial charge on any atom is 0.348 e. The van der Waals surface area contributed by atoms with Crippen LogP contribution < -0.4 is 0 Å². The normalized spacial score (nSPS) is 47.2. The number of carbonyl (C=O) groups excluding carboxylic acids is 4. The number of esters is 3. The van der Waals surface area contributed by atoms with E-state index in [1.807, 2.05) is 0 Å². The Labute approximate surface area is 241 Å². The van der Waals surface area contributed by atoms with Crippen molar-refractivity contribution < 1.29 is 63.7 Å². The van der Waals surface area contributed by atoms with E-state index in [0.717, 1.165) is 26.4 Å². The van der Waals surface area contributed by atoms with E-state index in [0.29, 0.717) is 12.8 Å². The third-order valence-corrected chi connectivity index (χ3v) is 11.5. The number of allylic oxidation sites excluding steroid dienone is 1. The Bertz CT molecular complexity index is 1250. The molecule has 13 heteroatoms. The van der Waals surface area contributed by atoms with E-state index in [1.54, 1.807) is 6.92 Å². The van der Waals surface area contributed by atoms with Crippen LogP contribution in [0, 0.1) is 28.6 Å². The van der Waals surface area contributed by atoms with Gasteiger partial charge in [-0.05, 0) is 37.7 Å². The highest BCUT2D eigenvalue weighted by atomic mass is 16.6. The lowest BCUT2D eigenvalue weighted by Gasteiger charge is -2.67. The Morgan fingerprint density at radius 1 is 1.07 bits per heavy atom. The van der Waals surface area contributed by atoms with Crippen LogP contribution in [-0.2, 0) is 38.1 Å². The van der Waals surface area contributed by atoms with E-state index in [-0.39, 0.29) is 18.6 Å². The molecule has 2 saturated heterocycles. The molecule has 1 unspecified atom stereocenters. The molecule has 0 radical (unpaired) electrons. The summed E-state index contributed by atoms with van der Waals surface area (Å²) in [4.78, 5) is 53.4. The second-order valence-electron chi connectivity index (χ2n) is 13.3. The zero-order chi connectivity index (χ0) is 30.6. The van der Waals surface area contributed by atoms with E-state index in [4.69, 9.17) is 18.9 Å². The number of ether oxygens (including phenoxy) is 4. The molecule has 2 bridgehead atoms. The molecule has 13 nitrogen and oxygen atoms in total. The molecular weight excluding hydrogens is 556 g/mol. The number of ketones is 1. The lowest BCUT2D eigenvalue weighted by molar-refractivity contribution is -0.299. The molecule has 0 aromatic rings. The van der Waals surface area contributed by atoms with Crippen LogP contribution in [0.5, 0.6) is 0 Å². The summed E-state index contributed by atoms with van der Waals surface area (Å²) in [6.45, 7) is 2.70. The van der Waals surface area contributed by atoms with Crippen molar-refractivity contribution in [2.24, 2.45) is 28.6 Å². The first kappa shape index (κ1) is 29.5. The van der Waals surface area contributed by atoms with Crippen molar-refractivity contribution in [3.8, 4) is 0 Å². The van der Waals surface area contributed by atoms with Crippen molar-refractivity contribution in [2.45, 2.75) is 101 Å². The smallest absolute Gasteiger partial charge is 0.348 e. The number of methoxy groups -OCH3 is 1. The topological polar surface area (TPSA) is 206 Å². The van der Waals surface area contributed by atoms with Crippen molar-refractivity contribution in [2.75, 3.05) is 13.7 Å². The standard InChI is InChI=1S/C29H38O13/c1-12-13-9-14-28-11-40-29(25(37)39-3,23(35)18(33)20(28)26(13,2)22(34)17(32)16(12)31)21(28)19(24(36)41-14)42-15(30)10-27(38)7-5-4-6-8-27/h13-14,18-23,31,33-35,38H,4-11H2,1-3H3/t13-,14+,18+,19?,20+,21+,22+,23-,26-,28+,29-/m0/s1. The fourth-order valence-corrected chi connectivity index (χ4v) is 9.68. The summed E-state index contributed by atoms with van der Waals surface area (Å²) in [5, 5.41) is 56.2. The maximum atomic E-state index is 13.6. The molecular formula is C29H38O13. The van der Waals surface area contributed by atoms with Crippen molar-refractivity contribution >= 4 is 23.7 Å². The van der Waals surface area contributed by atoms with Crippen molar-refractivity contribution in [1.29, 1.82) is 0 Å². The summed E-state index contributed by atoms with van der Waals surface area (Å²) in [6, 6.07) is 0. The van der Waals surface area contributed by atoms with E-state index in [2.05, 4.69) is 0 Å². The molecule has 11 atom stereocenters. The highest BCUT2D eigenvalue weighted by Gasteiger charge is 2.86. The van der Waals surface area contributed by atoms with Crippen LogP contribution in [0.4, 0.5) is 0 Å². The second-order valence-corrected chi connectivity index (χ2v) is 13.3. The van der Waals surface area contributed by atoms with Crippen molar-refractivity contribution in [3.05, 3.63) is 11.3 Å². The minimum absolute atomic E-state index is 0.0146. The molecule has 2 aliphatic heterocycles. The highest BCUT2D eigenvalue weighted by Crippen LogP contribution is 2.72. The molecule has 0 aromatic heterocycles. The summed E-state index contributed by atoms with van der Waals surface area (Å²) < 4.78 is 22.7. The number of hydrogen-bond donors (Lipinski definition) is 5. The van der Waals surface area contributed by atoms with Crippen molar-refractivity contribution in [1.82, 2.24) is 0 Å². The Morgan fingerprint density at radius 3 is 2.38 bits per heavy atom. The van der Waals surface area contributed by atoms with Crippen LogP contribution >= 0.6 is 0 Å². The molecule has 5 N–H and O–H groups in total. The van der Waals surface area contributed by atoms with Gasteiger partial charge in [0.05, 0.1) is 37.8 Å². The van der Waals surface area contributed by atoms with Gasteiger partial charge in [0.25, 0.3) is 0 Å². The Morgan fingerprint density at radius 2 is 1.74 bits per heavy atom. The summed E-state index contributed by atoms with van der Waals surface area (Å²) in [5.74, 6) is -8.03. The average molecular weight is 595 g/mol. The third kappa shape index (κ3) is 3.48. The molecule has 42 heavy (non-hydrogen) atoms. The first-order valence-corrected chi connectivity index (χ1v) is 14.5. The van der Waals surface area contributed by atoms with E-state index >= 15 is 0 Å². The van der Waals surface area contributed by atoms with Gasteiger partial charge < -0.3 is 44.5 Å². The monoisotopic (exact) mass is 594 g/mol. The molecule has 0 aromatic carbocycles. The number of rotatable bonds is 4.